The van der Waals surface area contributed by atoms with Crippen LogP contribution in [0.4, 0.5) is 86.8 Å². The molecule has 78 heavy (non-hydrogen) atoms. The van der Waals surface area contributed by atoms with E-state index in [2.05, 4.69) is 0 Å². The molecule has 0 atom stereocenters. The topological polar surface area (TPSA) is 6.48 Å². The fraction of sp³-hybridized carbons (Fsp3) is 0. The molecular formula is C64H32F12N2. The zero-order valence-electron chi connectivity index (χ0n) is 39.9. The van der Waals surface area contributed by atoms with Crippen molar-refractivity contribution in [1.82, 2.24) is 0 Å². The lowest BCUT2D eigenvalue weighted by molar-refractivity contribution is 0.583. The second-order valence-corrected chi connectivity index (χ2v) is 18.7. The van der Waals surface area contributed by atoms with Crippen LogP contribution < -0.4 is 9.80 Å². The van der Waals surface area contributed by atoms with Crippen molar-refractivity contribution in [2.45, 2.75) is 0 Å². The predicted molar refractivity (Wildman–Crippen MR) is 281 cm³/mol. The van der Waals surface area contributed by atoms with E-state index in [-0.39, 0.29) is 78.6 Å². The minimum absolute atomic E-state index is 0.0207. The highest BCUT2D eigenvalue weighted by Gasteiger charge is 2.25. The van der Waals surface area contributed by atoms with Crippen LogP contribution in [-0.2, 0) is 0 Å². The summed E-state index contributed by atoms with van der Waals surface area (Å²) in [7, 11) is 0. The van der Waals surface area contributed by atoms with E-state index in [0.29, 0.717) is 68.7 Å². The van der Waals surface area contributed by atoms with Crippen LogP contribution >= 0.6 is 0 Å². The standard InChI is InChI=1S/C64H32F12N2/c65-43-11-39(12-44(66)23-43)35-9-36(40-13-45(67)24-46(68)14-40)20-55(19-35)77(57-29-51(73)27-52(74)30-57)61-8-4-34-2-6-60-62(7-3-33-1-5-59(61)64(34)63(33)60)78(58-31-53(75)28-54(76)32-58)56-21-37(41-15-47(69)25-48(70)16-41)10-38(22-56)42-17-49(71)26-50(72)18-42/h1-32H. The van der Waals surface area contributed by atoms with Crippen LogP contribution in [-0.4, -0.2) is 0 Å². The van der Waals surface area contributed by atoms with Crippen molar-refractivity contribution in [2.24, 2.45) is 0 Å². The van der Waals surface area contributed by atoms with Crippen LogP contribution in [0.2, 0.25) is 0 Å². The Kier molecular flexibility index (Phi) is 12.2. The highest BCUT2D eigenvalue weighted by atomic mass is 19.2. The number of hydrogen-bond donors (Lipinski definition) is 0. The third-order valence-corrected chi connectivity index (χ3v) is 13.4. The summed E-state index contributed by atoms with van der Waals surface area (Å²) in [6.07, 6.45) is 0. The number of rotatable bonds is 10. The van der Waals surface area contributed by atoms with Gasteiger partial charge in [-0.2, -0.15) is 0 Å². The first-order chi connectivity index (χ1) is 37.5. The normalized spacial score (nSPS) is 11.6. The first kappa shape index (κ1) is 49.3. The van der Waals surface area contributed by atoms with Crippen molar-refractivity contribution < 1.29 is 52.7 Å². The first-order valence-electron chi connectivity index (χ1n) is 23.9. The molecule has 0 fully saturated rings. The molecule has 0 unspecified atom stereocenters. The Bertz CT molecular complexity index is 3870. The molecule has 0 radical (unpaired) electrons. The summed E-state index contributed by atoms with van der Waals surface area (Å²) < 4.78 is 181. The van der Waals surface area contributed by atoms with Gasteiger partial charge in [0.05, 0.1) is 22.7 Å². The van der Waals surface area contributed by atoms with Gasteiger partial charge in [0.2, 0.25) is 0 Å². The minimum atomic E-state index is -0.973. The second kappa shape index (κ2) is 19.2. The van der Waals surface area contributed by atoms with Crippen molar-refractivity contribution in [3.05, 3.63) is 264 Å². The van der Waals surface area contributed by atoms with Gasteiger partial charge in [-0.05, 0) is 187 Å². The molecule has 2 nitrogen and oxygen atoms in total. The van der Waals surface area contributed by atoms with E-state index >= 15 is 17.6 Å². The summed E-state index contributed by atoms with van der Waals surface area (Å²) >= 11 is 0. The van der Waals surface area contributed by atoms with Crippen molar-refractivity contribution in [1.29, 1.82) is 0 Å². The van der Waals surface area contributed by atoms with Gasteiger partial charge in [-0.15, -0.1) is 0 Å². The van der Waals surface area contributed by atoms with Crippen LogP contribution in [0, 0.1) is 69.8 Å². The average Bonchev–Trinajstić information content (AvgIpc) is 3.54. The molecule has 0 amide bonds. The molecule has 0 aliphatic rings. The van der Waals surface area contributed by atoms with Gasteiger partial charge < -0.3 is 9.80 Å². The number of anilines is 6. The smallest absolute Gasteiger partial charge is 0.128 e. The van der Waals surface area contributed by atoms with Gasteiger partial charge in [-0.25, -0.2) is 52.7 Å². The summed E-state index contributed by atoms with van der Waals surface area (Å²) in [5.74, 6) is -11.3. The third-order valence-electron chi connectivity index (χ3n) is 13.4. The molecule has 0 aliphatic heterocycles. The lowest BCUT2D eigenvalue weighted by atomic mass is 9.91. The number of nitrogens with zero attached hydrogens (tertiary/aromatic N) is 2. The van der Waals surface area contributed by atoms with Gasteiger partial charge in [0, 0.05) is 58.5 Å². The molecule has 0 N–H and O–H groups in total. The maximum absolute atomic E-state index is 15.5. The molecule has 14 heteroatoms. The zero-order valence-corrected chi connectivity index (χ0v) is 39.9. The molecule has 12 aromatic rings. The summed E-state index contributed by atoms with van der Waals surface area (Å²) in [5.41, 5.74) is 1.38. The Balaban J connectivity index is 1.13. The monoisotopic (exact) mass is 1060 g/mol. The molecule has 0 saturated carbocycles. The maximum Gasteiger partial charge on any atom is 0.128 e. The van der Waals surface area contributed by atoms with Crippen LogP contribution in [0.5, 0.6) is 0 Å². The van der Waals surface area contributed by atoms with E-state index < -0.39 is 69.8 Å². The van der Waals surface area contributed by atoms with Gasteiger partial charge in [0.1, 0.15) is 69.8 Å². The minimum Gasteiger partial charge on any atom is -0.310 e. The summed E-state index contributed by atoms with van der Waals surface area (Å²) in [5, 5.41) is 3.33. The molecular weight excluding hydrogens is 1020 g/mol. The Morgan fingerprint density at radius 2 is 0.397 bits per heavy atom. The average molecular weight is 1060 g/mol. The van der Waals surface area contributed by atoms with Crippen molar-refractivity contribution in [3.8, 4) is 44.5 Å². The van der Waals surface area contributed by atoms with E-state index in [0.717, 1.165) is 72.8 Å². The van der Waals surface area contributed by atoms with E-state index in [1.54, 1.807) is 48.5 Å². The molecule has 12 aromatic carbocycles. The molecule has 12 rings (SSSR count). The van der Waals surface area contributed by atoms with E-state index in [4.69, 9.17) is 0 Å². The second-order valence-electron chi connectivity index (χ2n) is 18.7. The highest BCUT2D eigenvalue weighted by Crippen LogP contribution is 2.50. The van der Waals surface area contributed by atoms with Gasteiger partial charge >= 0.3 is 0 Å². The first-order valence-corrected chi connectivity index (χ1v) is 23.9. The summed E-state index contributed by atoms with van der Waals surface area (Å²) in [4.78, 5) is 2.97. The summed E-state index contributed by atoms with van der Waals surface area (Å²) in [6, 6.07) is 39.5. The van der Waals surface area contributed by atoms with Gasteiger partial charge in [0.25, 0.3) is 0 Å². The summed E-state index contributed by atoms with van der Waals surface area (Å²) in [6.45, 7) is 0. The molecule has 0 aliphatic carbocycles. The molecule has 0 spiro atoms. The van der Waals surface area contributed by atoms with Crippen LogP contribution in [0.25, 0.3) is 76.8 Å². The van der Waals surface area contributed by atoms with Crippen LogP contribution in [0.1, 0.15) is 0 Å². The highest BCUT2D eigenvalue weighted by molar-refractivity contribution is 6.28. The molecule has 382 valence electrons. The fourth-order valence-electron chi connectivity index (χ4n) is 10.4. The van der Waals surface area contributed by atoms with Crippen molar-refractivity contribution in [3.63, 3.8) is 0 Å². The Morgan fingerprint density at radius 1 is 0.192 bits per heavy atom. The van der Waals surface area contributed by atoms with Crippen LogP contribution in [0.3, 0.4) is 0 Å². The fourth-order valence-corrected chi connectivity index (χ4v) is 10.4. The van der Waals surface area contributed by atoms with E-state index in [1.165, 1.54) is 46.2 Å². The zero-order chi connectivity index (χ0) is 54.3. The van der Waals surface area contributed by atoms with Crippen molar-refractivity contribution in [2.75, 3.05) is 9.80 Å². The quantitative estimate of drug-likeness (QED) is 0.0995. The molecule has 0 heterocycles. The molecule has 0 aromatic heterocycles. The van der Waals surface area contributed by atoms with Gasteiger partial charge in [-0.3, -0.25) is 0 Å². The number of benzene rings is 12. The maximum atomic E-state index is 15.5. The Hall–Kier alpha value is -9.56. The SMILES string of the molecule is Fc1cc(F)cc(-c2cc(-c3cc(F)cc(F)c3)cc(N(c3cc(F)cc(F)c3)c3ccc4ccc5c(N(c6cc(F)cc(F)c6)c6cc(-c7cc(F)cc(F)c7)cc(-c7cc(F)cc(F)c7)c6)ccc6ccc3c4c65)c2)c1. The number of hydrogen-bond acceptors (Lipinski definition) is 2. The lowest BCUT2D eigenvalue weighted by Gasteiger charge is -2.30. The molecule has 0 bridgehead atoms. The molecule has 0 saturated heterocycles. The lowest BCUT2D eigenvalue weighted by Crippen LogP contribution is -2.13. The third kappa shape index (κ3) is 9.35. The van der Waals surface area contributed by atoms with Gasteiger partial charge in [-0.1, -0.05) is 36.4 Å². The Labute approximate surface area is 435 Å². The van der Waals surface area contributed by atoms with Gasteiger partial charge in [0.15, 0.2) is 0 Å². The van der Waals surface area contributed by atoms with Crippen molar-refractivity contribution >= 4 is 66.4 Å². The predicted octanol–water partition coefficient (Wildman–Crippen LogP) is 19.9. The largest absolute Gasteiger partial charge is 0.310 e. The van der Waals surface area contributed by atoms with Crippen LogP contribution in [0.15, 0.2) is 194 Å². The van der Waals surface area contributed by atoms with E-state index in [1.807, 2.05) is 0 Å². The Morgan fingerprint density at radius 3 is 0.654 bits per heavy atom. The number of halogens is 12. The van der Waals surface area contributed by atoms with E-state index in [9.17, 15) is 35.1 Å².